The van der Waals surface area contributed by atoms with Gasteiger partial charge in [-0.1, -0.05) is 12.1 Å². The SMILES string of the molecule is Cc1nccn1-c1cc(NC(=O)c2cccc3cc(Oc4cc(N)ncn4)ccc23)cc(C(F)(F)F)c1. The number of benzene rings is 3. The minimum Gasteiger partial charge on any atom is -0.439 e. The van der Waals surface area contributed by atoms with Crippen LogP contribution < -0.4 is 15.8 Å². The minimum absolute atomic E-state index is 0.00114. The van der Waals surface area contributed by atoms with Crippen LogP contribution in [0.4, 0.5) is 24.7 Å². The molecule has 0 aliphatic carbocycles. The Morgan fingerprint density at radius 2 is 1.86 bits per heavy atom. The second-order valence-electron chi connectivity index (χ2n) is 8.14. The quantitative estimate of drug-likeness (QED) is 0.315. The van der Waals surface area contributed by atoms with E-state index in [1.165, 1.54) is 29.2 Å². The summed E-state index contributed by atoms with van der Waals surface area (Å²) < 4.78 is 48.1. The van der Waals surface area contributed by atoms with Gasteiger partial charge in [-0.25, -0.2) is 15.0 Å². The molecule has 3 N–H and O–H groups in total. The Hall–Kier alpha value is -4.93. The molecule has 0 aliphatic rings. The number of aromatic nitrogens is 4. The van der Waals surface area contributed by atoms with E-state index in [2.05, 4.69) is 20.3 Å². The molecule has 3 aromatic carbocycles. The number of amides is 1. The topological polar surface area (TPSA) is 108 Å². The number of nitrogen functional groups attached to an aromatic ring is 1. The van der Waals surface area contributed by atoms with Crippen molar-refractivity contribution in [1.29, 1.82) is 0 Å². The Labute approximate surface area is 208 Å². The molecule has 0 saturated carbocycles. The molecule has 5 rings (SSSR count). The second kappa shape index (κ2) is 9.26. The van der Waals surface area contributed by atoms with Gasteiger partial charge in [0.2, 0.25) is 5.88 Å². The van der Waals surface area contributed by atoms with Gasteiger partial charge in [0.05, 0.1) is 5.56 Å². The Morgan fingerprint density at radius 1 is 1.03 bits per heavy atom. The summed E-state index contributed by atoms with van der Waals surface area (Å²) in [5, 5.41) is 3.89. The lowest BCUT2D eigenvalue weighted by Gasteiger charge is -2.15. The van der Waals surface area contributed by atoms with E-state index >= 15 is 0 Å². The standard InChI is InChI=1S/C26H19F3N6O2/c1-15-31-7-8-35(15)19-11-17(26(27,28)29)10-18(12-19)34-25(36)22-4-2-3-16-9-20(5-6-21(16)22)37-24-13-23(30)32-14-33-24/h2-14H,1H3,(H,34,36)(H2,30,32,33). The van der Waals surface area contributed by atoms with Crippen molar-refractivity contribution < 1.29 is 22.7 Å². The number of nitrogens with zero attached hydrogens (tertiary/aromatic N) is 4. The van der Waals surface area contributed by atoms with Crippen LogP contribution in [-0.2, 0) is 6.18 Å². The van der Waals surface area contributed by atoms with Crippen molar-refractivity contribution in [3.8, 4) is 17.3 Å². The first-order valence-corrected chi connectivity index (χ1v) is 11.0. The first-order valence-electron chi connectivity index (χ1n) is 11.0. The third kappa shape index (κ3) is 5.06. The summed E-state index contributed by atoms with van der Waals surface area (Å²) >= 11 is 0. The number of carbonyl (C=O) groups excluding carboxylic acids is 1. The number of carbonyl (C=O) groups is 1. The van der Waals surface area contributed by atoms with Gasteiger partial charge in [0.25, 0.3) is 5.91 Å². The van der Waals surface area contributed by atoms with Crippen molar-refractivity contribution in [2.45, 2.75) is 13.1 Å². The molecular weight excluding hydrogens is 485 g/mol. The number of fused-ring (bicyclic) bond motifs is 1. The lowest BCUT2D eigenvalue weighted by atomic mass is 10.0. The summed E-state index contributed by atoms with van der Waals surface area (Å²) in [5.41, 5.74) is 5.28. The Morgan fingerprint density at radius 3 is 2.59 bits per heavy atom. The van der Waals surface area contributed by atoms with Crippen molar-refractivity contribution in [2.75, 3.05) is 11.1 Å². The van der Waals surface area contributed by atoms with Gasteiger partial charge in [0, 0.05) is 35.4 Å². The van der Waals surface area contributed by atoms with Gasteiger partial charge < -0.3 is 20.4 Å². The van der Waals surface area contributed by atoms with Crippen LogP contribution in [-0.4, -0.2) is 25.4 Å². The number of hydrogen-bond donors (Lipinski definition) is 2. The van der Waals surface area contributed by atoms with E-state index < -0.39 is 17.6 Å². The first kappa shape index (κ1) is 23.8. The van der Waals surface area contributed by atoms with Crippen LogP contribution in [0.3, 0.4) is 0 Å². The molecule has 186 valence electrons. The summed E-state index contributed by atoms with van der Waals surface area (Å²) in [6.45, 7) is 1.67. The molecule has 0 aliphatic heterocycles. The fourth-order valence-electron chi connectivity index (χ4n) is 3.89. The van der Waals surface area contributed by atoms with E-state index in [1.54, 1.807) is 49.5 Å². The van der Waals surface area contributed by atoms with E-state index in [9.17, 15) is 18.0 Å². The summed E-state index contributed by atoms with van der Waals surface area (Å²) in [6, 6.07) is 15.0. The van der Waals surface area contributed by atoms with Crippen LogP contribution in [0.2, 0.25) is 0 Å². The third-order valence-electron chi connectivity index (χ3n) is 5.59. The molecule has 11 heteroatoms. The van der Waals surface area contributed by atoms with Gasteiger partial charge in [-0.05, 0) is 60.2 Å². The molecule has 0 atom stereocenters. The van der Waals surface area contributed by atoms with E-state index in [1.807, 2.05) is 0 Å². The fourth-order valence-corrected chi connectivity index (χ4v) is 3.89. The van der Waals surface area contributed by atoms with Crippen molar-refractivity contribution in [3.63, 3.8) is 0 Å². The number of halogens is 3. The van der Waals surface area contributed by atoms with Crippen LogP contribution in [0.15, 0.2) is 79.4 Å². The number of alkyl halides is 3. The normalized spacial score (nSPS) is 11.5. The molecule has 1 amide bonds. The first-order chi connectivity index (χ1) is 17.7. The van der Waals surface area contributed by atoms with E-state index in [-0.39, 0.29) is 28.6 Å². The van der Waals surface area contributed by atoms with Crippen LogP contribution in [0.5, 0.6) is 11.6 Å². The van der Waals surface area contributed by atoms with Gasteiger partial charge in [-0.2, -0.15) is 13.2 Å². The molecule has 0 spiro atoms. The van der Waals surface area contributed by atoms with Crippen LogP contribution in [0.25, 0.3) is 16.5 Å². The van der Waals surface area contributed by atoms with E-state index in [0.717, 1.165) is 12.1 Å². The van der Waals surface area contributed by atoms with Crippen LogP contribution in [0.1, 0.15) is 21.7 Å². The van der Waals surface area contributed by atoms with E-state index in [0.29, 0.717) is 22.3 Å². The largest absolute Gasteiger partial charge is 0.439 e. The van der Waals surface area contributed by atoms with Crippen LogP contribution in [0, 0.1) is 6.92 Å². The zero-order valence-corrected chi connectivity index (χ0v) is 19.3. The number of imidazole rings is 1. The average molecular weight is 504 g/mol. The van der Waals surface area contributed by atoms with Gasteiger partial charge in [-0.15, -0.1) is 0 Å². The fraction of sp³-hybridized carbons (Fsp3) is 0.0769. The predicted molar refractivity (Wildman–Crippen MR) is 132 cm³/mol. The molecule has 0 bridgehead atoms. The van der Waals surface area contributed by atoms with Crippen molar-refractivity contribution >= 4 is 28.2 Å². The highest BCUT2D eigenvalue weighted by Gasteiger charge is 2.31. The maximum atomic E-state index is 13.6. The predicted octanol–water partition coefficient (Wildman–Crippen LogP) is 5.77. The smallest absolute Gasteiger partial charge is 0.416 e. The highest BCUT2D eigenvalue weighted by Crippen LogP contribution is 2.34. The molecule has 37 heavy (non-hydrogen) atoms. The van der Waals surface area contributed by atoms with Gasteiger partial charge >= 0.3 is 6.18 Å². The molecule has 0 radical (unpaired) electrons. The molecule has 0 fully saturated rings. The number of nitrogens with two attached hydrogens (primary N) is 1. The van der Waals surface area contributed by atoms with Gasteiger partial charge in [0.15, 0.2) is 0 Å². The van der Waals surface area contributed by atoms with Gasteiger partial charge in [0.1, 0.15) is 23.7 Å². The molecule has 8 nitrogen and oxygen atoms in total. The number of rotatable bonds is 5. The van der Waals surface area contributed by atoms with Crippen LogP contribution >= 0.6 is 0 Å². The highest BCUT2D eigenvalue weighted by molar-refractivity contribution is 6.13. The summed E-state index contributed by atoms with van der Waals surface area (Å²) in [6.07, 6.45) is -0.284. The number of anilines is 2. The molecule has 2 heterocycles. The van der Waals surface area contributed by atoms with Crippen molar-refractivity contribution in [3.05, 3.63) is 96.3 Å². The summed E-state index contributed by atoms with van der Waals surface area (Å²) in [7, 11) is 0. The summed E-state index contributed by atoms with van der Waals surface area (Å²) in [4.78, 5) is 25.1. The molecule has 2 aromatic heterocycles. The monoisotopic (exact) mass is 504 g/mol. The van der Waals surface area contributed by atoms with Gasteiger partial charge in [-0.3, -0.25) is 4.79 Å². The Kier molecular flexibility index (Phi) is 5.96. The molecule has 0 saturated heterocycles. The zero-order chi connectivity index (χ0) is 26.2. The highest BCUT2D eigenvalue weighted by atomic mass is 19.4. The molecule has 5 aromatic rings. The third-order valence-corrected chi connectivity index (χ3v) is 5.59. The zero-order valence-electron chi connectivity index (χ0n) is 19.3. The number of aryl methyl sites for hydroxylation is 1. The maximum Gasteiger partial charge on any atom is 0.416 e. The lowest BCUT2D eigenvalue weighted by Crippen LogP contribution is -2.14. The number of nitrogens with one attached hydrogen (secondary N) is 1. The average Bonchev–Trinajstić information content (AvgIpc) is 3.28. The number of hydrogen-bond acceptors (Lipinski definition) is 6. The molecular formula is C26H19F3N6O2. The second-order valence-corrected chi connectivity index (χ2v) is 8.14. The minimum atomic E-state index is -4.60. The maximum absolute atomic E-state index is 13.6. The number of ether oxygens (including phenoxy) is 1. The van der Waals surface area contributed by atoms with Crippen molar-refractivity contribution in [2.24, 2.45) is 0 Å². The lowest BCUT2D eigenvalue weighted by molar-refractivity contribution is -0.137. The summed E-state index contributed by atoms with van der Waals surface area (Å²) in [5.74, 6) is 0.921. The van der Waals surface area contributed by atoms with E-state index in [4.69, 9.17) is 10.5 Å². The Bertz CT molecular complexity index is 1630. The van der Waals surface area contributed by atoms with Crippen molar-refractivity contribution in [1.82, 2.24) is 19.5 Å². The molecule has 0 unspecified atom stereocenters. The Balaban J connectivity index is 1.46.